The molecule has 0 atom stereocenters. The molecule has 1 aromatic heterocycles. The van der Waals surface area contributed by atoms with Gasteiger partial charge in [0.2, 0.25) is 0 Å². The average Bonchev–Trinajstić information content (AvgIpc) is 2.90. The Bertz CT molecular complexity index is 777. The average molecular weight is 281 g/mol. The molecule has 0 aliphatic rings. The molecule has 0 radical (unpaired) electrons. The molecule has 1 N–H and O–H groups in total. The molecule has 0 bridgehead atoms. The predicted octanol–water partition coefficient (Wildman–Crippen LogP) is 3.64. The minimum atomic E-state index is 0.219. The SMILES string of the molecule is CCCc1ccc(-n2nc3ccc(CC)cc3n2)c(O)c1. The number of nitrogens with zero attached hydrogens (tertiary/aromatic N) is 3. The van der Waals surface area contributed by atoms with Crippen LogP contribution >= 0.6 is 0 Å². The minimum Gasteiger partial charge on any atom is -0.506 e. The largest absolute Gasteiger partial charge is 0.506 e. The molecule has 0 fully saturated rings. The highest BCUT2D eigenvalue weighted by Gasteiger charge is 2.09. The molecular weight excluding hydrogens is 262 g/mol. The van der Waals surface area contributed by atoms with E-state index in [2.05, 4.69) is 30.1 Å². The molecule has 3 aromatic rings. The molecule has 2 aromatic carbocycles. The molecule has 0 saturated carbocycles. The van der Waals surface area contributed by atoms with Gasteiger partial charge in [0.05, 0.1) is 0 Å². The van der Waals surface area contributed by atoms with Gasteiger partial charge in [0, 0.05) is 0 Å². The Morgan fingerprint density at radius 3 is 2.43 bits per heavy atom. The topological polar surface area (TPSA) is 50.9 Å². The van der Waals surface area contributed by atoms with E-state index < -0.39 is 0 Å². The van der Waals surface area contributed by atoms with Gasteiger partial charge in [0.25, 0.3) is 0 Å². The molecule has 4 heteroatoms. The van der Waals surface area contributed by atoms with Crippen molar-refractivity contribution in [1.29, 1.82) is 0 Å². The fourth-order valence-corrected chi connectivity index (χ4v) is 2.47. The molecule has 108 valence electrons. The van der Waals surface area contributed by atoms with Crippen molar-refractivity contribution in [2.24, 2.45) is 0 Å². The first-order valence-electron chi connectivity index (χ1n) is 7.39. The van der Waals surface area contributed by atoms with Crippen molar-refractivity contribution < 1.29 is 5.11 Å². The van der Waals surface area contributed by atoms with Crippen LogP contribution < -0.4 is 0 Å². The second-order valence-electron chi connectivity index (χ2n) is 5.24. The van der Waals surface area contributed by atoms with Crippen molar-refractivity contribution >= 4 is 11.0 Å². The molecular formula is C17H19N3O. The highest BCUT2D eigenvalue weighted by atomic mass is 16.3. The number of fused-ring (bicyclic) bond motifs is 1. The zero-order valence-corrected chi connectivity index (χ0v) is 12.4. The molecule has 0 spiro atoms. The summed E-state index contributed by atoms with van der Waals surface area (Å²) in [6.45, 7) is 4.24. The van der Waals surface area contributed by atoms with Crippen LogP contribution in [-0.4, -0.2) is 20.1 Å². The lowest BCUT2D eigenvalue weighted by molar-refractivity contribution is 0.467. The second kappa shape index (κ2) is 5.56. The number of aryl methyl sites for hydroxylation is 2. The van der Waals surface area contributed by atoms with Crippen LogP contribution in [0.2, 0.25) is 0 Å². The number of hydrogen-bond donors (Lipinski definition) is 1. The van der Waals surface area contributed by atoms with Gasteiger partial charge >= 0.3 is 0 Å². The first kappa shape index (κ1) is 13.6. The molecule has 0 aliphatic carbocycles. The molecule has 0 saturated heterocycles. The highest BCUT2D eigenvalue weighted by Crippen LogP contribution is 2.24. The Hall–Kier alpha value is -2.36. The number of benzene rings is 2. The predicted molar refractivity (Wildman–Crippen MR) is 83.9 cm³/mol. The zero-order chi connectivity index (χ0) is 14.8. The number of phenolic OH excluding ortho intramolecular Hbond substituents is 1. The molecule has 4 nitrogen and oxygen atoms in total. The van der Waals surface area contributed by atoms with Gasteiger partial charge in [-0.25, -0.2) is 0 Å². The van der Waals surface area contributed by atoms with Gasteiger partial charge in [0.1, 0.15) is 22.5 Å². The van der Waals surface area contributed by atoms with Crippen molar-refractivity contribution in [2.75, 3.05) is 0 Å². The van der Waals surface area contributed by atoms with Crippen LogP contribution in [0, 0.1) is 0 Å². The van der Waals surface area contributed by atoms with E-state index in [-0.39, 0.29) is 5.75 Å². The third-order valence-corrected chi connectivity index (χ3v) is 3.65. The normalized spacial score (nSPS) is 11.1. The maximum absolute atomic E-state index is 10.2. The smallest absolute Gasteiger partial charge is 0.143 e. The van der Waals surface area contributed by atoms with Crippen LogP contribution in [0.1, 0.15) is 31.4 Å². The Morgan fingerprint density at radius 1 is 0.952 bits per heavy atom. The summed E-state index contributed by atoms with van der Waals surface area (Å²) in [5.74, 6) is 0.219. The number of aromatic hydroxyl groups is 1. The maximum atomic E-state index is 10.2. The van der Waals surface area contributed by atoms with E-state index in [0.717, 1.165) is 35.9 Å². The Morgan fingerprint density at radius 2 is 1.71 bits per heavy atom. The van der Waals surface area contributed by atoms with Gasteiger partial charge in [-0.05, 0) is 48.2 Å². The monoisotopic (exact) mass is 281 g/mol. The molecule has 0 amide bonds. The van der Waals surface area contributed by atoms with Gasteiger partial charge in [-0.1, -0.05) is 32.4 Å². The summed E-state index contributed by atoms with van der Waals surface area (Å²) in [6.07, 6.45) is 2.99. The Kier molecular flexibility index (Phi) is 3.60. The first-order chi connectivity index (χ1) is 10.2. The third-order valence-electron chi connectivity index (χ3n) is 3.65. The first-order valence-corrected chi connectivity index (χ1v) is 7.39. The van der Waals surface area contributed by atoms with Gasteiger partial charge in [-0.3, -0.25) is 0 Å². The van der Waals surface area contributed by atoms with E-state index in [9.17, 15) is 5.11 Å². The van der Waals surface area contributed by atoms with Gasteiger partial charge in [-0.15, -0.1) is 15.0 Å². The number of rotatable bonds is 4. The summed E-state index contributed by atoms with van der Waals surface area (Å²) in [7, 11) is 0. The molecule has 21 heavy (non-hydrogen) atoms. The lowest BCUT2D eigenvalue weighted by atomic mass is 10.1. The van der Waals surface area contributed by atoms with E-state index in [0.29, 0.717) is 5.69 Å². The second-order valence-corrected chi connectivity index (χ2v) is 5.24. The molecule has 3 rings (SSSR count). The van der Waals surface area contributed by atoms with Crippen molar-refractivity contribution in [2.45, 2.75) is 33.1 Å². The van der Waals surface area contributed by atoms with Crippen LogP contribution in [0.25, 0.3) is 16.7 Å². The van der Waals surface area contributed by atoms with Crippen LogP contribution in [0.3, 0.4) is 0 Å². The minimum absolute atomic E-state index is 0.219. The van der Waals surface area contributed by atoms with Crippen molar-refractivity contribution in [3.05, 3.63) is 47.5 Å². The Labute approximate surface area is 124 Å². The van der Waals surface area contributed by atoms with Crippen molar-refractivity contribution in [3.8, 4) is 11.4 Å². The van der Waals surface area contributed by atoms with E-state index in [1.54, 1.807) is 6.07 Å². The Balaban J connectivity index is 2.03. The summed E-state index contributed by atoms with van der Waals surface area (Å²) >= 11 is 0. The van der Waals surface area contributed by atoms with Crippen LogP contribution in [0.15, 0.2) is 36.4 Å². The quantitative estimate of drug-likeness (QED) is 0.794. The van der Waals surface area contributed by atoms with Gasteiger partial charge < -0.3 is 5.11 Å². The standard InChI is InChI=1S/C17H19N3O/c1-3-5-13-7-9-16(17(21)11-13)20-18-14-8-6-12(4-2)10-15(14)19-20/h6-11,21H,3-5H2,1-2H3. The fraction of sp³-hybridized carbons (Fsp3) is 0.294. The zero-order valence-electron chi connectivity index (χ0n) is 12.4. The summed E-state index contributed by atoms with van der Waals surface area (Å²) in [5, 5.41) is 19.1. The van der Waals surface area contributed by atoms with Gasteiger partial charge in [0.15, 0.2) is 0 Å². The van der Waals surface area contributed by atoms with Crippen molar-refractivity contribution in [3.63, 3.8) is 0 Å². The van der Waals surface area contributed by atoms with Crippen LogP contribution in [0.4, 0.5) is 0 Å². The molecule has 0 unspecified atom stereocenters. The van der Waals surface area contributed by atoms with E-state index in [1.807, 2.05) is 24.3 Å². The molecule has 0 aliphatic heterocycles. The van der Waals surface area contributed by atoms with E-state index in [1.165, 1.54) is 10.4 Å². The number of aromatic nitrogens is 3. The number of phenols is 1. The van der Waals surface area contributed by atoms with Crippen LogP contribution in [-0.2, 0) is 12.8 Å². The lowest BCUT2D eigenvalue weighted by Crippen LogP contribution is -1.99. The van der Waals surface area contributed by atoms with E-state index in [4.69, 9.17) is 0 Å². The number of hydrogen-bond acceptors (Lipinski definition) is 3. The maximum Gasteiger partial charge on any atom is 0.143 e. The summed E-state index contributed by atoms with van der Waals surface area (Å²) in [6, 6.07) is 11.8. The van der Waals surface area contributed by atoms with E-state index >= 15 is 0 Å². The lowest BCUT2D eigenvalue weighted by Gasteiger charge is -2.05. The third kappa shape index (κ3) is 2.61. The summed E-state index contributed by atoms with van der Waals surface area (Å²) < 4.78 is 0. The highest BCUT2D eigenvalue weighted by molar-refractivity contribution is 5.74. The van der Waals surface area contributed by atoms with Crippen LogP contribution in [0.5, 0.6) is 5.75 Å². The molecule has 1 heterocycles. The summed E-state index contributed by atoms with van der Waals surface area (Å²) in [5.41, 5.74) is 4.67. The van der Waals surface area contributed by atoms with Gasteiger partial charge in [-0.2, -0.15) is 0 Å². The fourth-order valence-electron chi connectivity index (χ4n) is 2.47. The summed E-state index contributed by atoms with van der Waals surface area (Å²) in [4.78, 5) is 1.51. The van der Waals surface area contributed by atoms with Crippen molar-refractivity contribution in [1.82, 2.24) is 15.0 Å².